The van der Waals surface area contributed by atoms with E-state index in [4.69, 9.17) is 16.7 Å². The van der Waals surface area contributed by atoms with Crippen LogP contribution in [-0.4, -0.2) is 31.9 Å². The van der Waals surface area contributed by atoms with Crippen molar-refractivity contribution >= 4 is 40.5 Å². The zero-order valence-corrected chi connectivity index (χ0v) is 13.9. The quantitative estimate of drug-likeness (QED) is 0.665. The molecule has 0 saturated carbocycles. The van der Waals surface area contributed by atoms with Crippen LogP contribution in [0, 0.1) is 5.82 Å². The number of nitrogens with zero attached hydrogens (tertiary/aromatic N) is 2. The number of hydrogen-bond donors (Lipinski definition) is 2. The number of aromatic nitrogens is 2. The Hall–Kier alpha value is -3.19. The van der Waals surface area contributed by atoms with Crippen LogP contribution < -0.4 is 0 Å². The summed E-state index contributed by atoms with van der Waals surface area (Å²) in [7, 11) is 0. The molecule has 0 atom stereocenters. The third kappa shape index (κ3) is 3.57. The minimum atomic E-state index is -1.13. The number of aliphatic carboxylic acids is 1. The fourth-order valence-corrected chi connectivity index (χ4v) is 2.76. The Morgan fingerprint density at radius 2 is 1.96 bits per heavy atom. The average molecular weight is 375 g/mol. The number of aromatic carboxylic acids is 1. The molecular formula is C18H12ClFN2O4. The SMILES string of the molecule is O=C(O)/C=C/c1nn(Cc2ccc(F)cc2Cl)c2cc(C(=O)O)ccc12. The van der Waals surface area contributed by atoms with E-state index in [1.165, 1.54) is 41.1 Å². The van der Waals surface area contributed by atoms with Crippen molar-refractivity contribution in [3.63, 3.8) is 0 Å². The first-order valence-electron chi connectivity index (χ1n) is 7.44. The van der Waals surface area contributed by atoms with E-state index < -0.39 is 17.8 Å². The molecule has 26 heavy (non-hydrogen) atoms. The highest BCUT2D eigenvalue weighted by Gasteiger charge is 2.14. The van der Waals surface area contributed by atoms with Gasteiger partial charge in [-0.15, -0.1) is 0 Å². The summed E-state index contributed by atoms with van der Waals surface area (Å²) in [6.45, 7) is 0.166. The van der Waals surface area contributed by atoms with Gasteiger partial charge in [0.05, 0.1) is 23.3 Å². The molecular weight excluding hydrogens is 363 g/mol. The van der Waals surface area contributed by atoms with Gasteiger partial charge < -0.3 is 10.2 Å². The van der Waals surface area contributed by atoms with Gasteiger partial charge in [-0.25, -0.2) is 14.0 Å². The van der Waals surface area contributed by atoms with E-state index in [-0.39, 0.29) is 17.1 Å². The van der Waals surface area contributed by atoms with Crippen LogP contribution in [0.2, 0.25) is 5.02 Å². The number of carbonyl (C=O) groups is 2. The summed E-state index contributed by atoms with van der Waals surface area (Å²) in [5.41, 5.74) is 1.53. The zero-order valence-electron chi connectivity index (χ0n) is 13.2. The van der Waals surface area contributed by atoms with Gasteiger partial charge in [0.1, 0.15) is 5.82 Å². The van der Waals surface area contributed by atoms with Gasteiger partial charge in [0.15, 0.2) is 0 Å². The highest BCUT2D eigenvalue weighted by Crippen LogP contribution is 2.25. The molecule has 0 amide bonds. The standard InChI is InChI=1S/C18H12ClFN2O4/c19-14-8-12(20)3-1-11(14)9-22-16-7-10(18(25)26)2-4-13(16)15(21-22)5-6-17(23)24/h1-8H,9H2,(H,23,24)(H,25,26)/b6-5+. The van der Waals surface area contributed by atoms with Gasteiger partial charge in [0, 0.05) is 16.5 Å². The Bertz CT molecular complexity index is 1060. The smallest absolute Gasteiger partial charge is 0.335 e. The maximum Gasteiger partial charge on any atom is 0.335 e. The summed E-state index contributed by atoms with van der Waals surface area (Å²) in [5.74, 6) is -2.69. The predicted octanol–water partition coefficient (Wildman–Crippen LogP) is 3.67. The largest absolute Gasteiger partial charge is 0.478 e. The van der Waals surface area contributed by atoms with Crippen molar-refractivity contribution in [1.82, 2.24) is 9.78 Å². The van der Waals surface area contributed by atoms with E-state index in [1.807, 2.05) is 0 Å². The first kappa shape index (κ1) is 17.6. The summed E-state index contributed by atoms with van der Waals surface area (Å²) in [6.07, 6.45) is 2.27. The van der Waals surface area contributed by atoms with Crippen LogP contribution in [0.5, 0.6) is 0 Å². The van der Waals surface area contributed by atoms with Crippen LogP contribution >= 0.6 is 11.6 Å². The summed E-state index contributed by atoms with van der Waals surface area (Å²) in [5, 5.41) is 23.2. The third-order valence-corrected chi connectivity index (χ3v) is 4.10. The van der Waals surface area contributed by atoms with E-state index >= 15 is 0 Å². The fourth-order valence-electron chi connectivity index (χ4n) is 2.54. The predicted molar refractivity (Wildman–Crippen MR) is 93.9 cm³/mol. The van der Waals surface area contributed by atoms with Crippen molar-refractivity contribution in [2.75, 3.05) is 0 Å². The lowest BCUT2D eigenvalue weighted by atomic mass is 10.1. The van der Waals surface area contributed by atoms with Gasteiger partial charge in [-0.2, -0.15) is 5.10 Å². The Labute approximate surface area is 151 Å². The van der Waals surface area contributed by atoms with Crippen molar-refractivity contribution in [1.29, 1.82) is 0 Å². The number of carboxylic acid groups (broad SMARTS) is 2. The molecule has 0 bridgehead atoms. The van der Waals surface area contributed by atoms with Gasteiger partial charge in [-0.05, 0) is 42.0 Å². The van der Waals surface area contributed by atoms with E-state index in [0.29, 0.717) is 22.2 Å². The zero-order chi connectivity index (χ0) is 18.8. The molecule has 0 radical (unpaired) electrons. The Kier molecular flexibility index (Phi) is 4.73. The molecule has 132 valence electrons. The fraction of sp³-hybridized carbons (Fsp3) is 0.0556. The molecule has 1 aromatic heterocycles. The second-order valence-corrected chi connectivity index (χ2v) is 5.89. The summed E-state index contributed by atoms with van der Waals surface area (Å²) in [6, 6.07) is 8.38. The Balaban J connectivity index is 2.14. The molecule has 2 aromatic carbocycles. The monoisotopic (exact) mass is 374 g/mol. The van der Waals surface area contributed by atoms with E-state index in [9.17, 15) is 19.1 Å². The van der Waals surface area contributed by atoms with Gasteiger partial charge in [-0.3, -0.25) is 4.68 Å². The molecule has 0 aliphatic carbocycles. The number of carboxylic acids is 2. The number of rotatable bonds is 5. The van der Waals surface area contributed by atoms with Crippen LogP contribution in [0.15, 0.2) is 42.5 Å². The van der Waals surface area contributed by atoms with Crippen molar-refractivity contribution in [3.05, 3.63) is 70.1 Å². The van der Waals surface area contributed by atoms with E-state index in [1.54, 1.807) is 6.07 Å². The molecule has 0 aliphatic rings. The molecule has 3 rings (SSSR count). The molecule has 0 saturated heterocycles. The second-order valence-electron chi connectivity index (χ2n) is 5.49. The Morgan fingerprint density at radius 3 is 2.62 bits per heavy atom. The molecule has 0 fully saturated rings. The van der Waals surface area contributed by atoms with Crippen LogP contribution in [0.1, 0.15) is 21.6 Å². The maximum absolute atomic E-state index is 13.2. The number of halogens is 2. The third-order valence-electron chi connectivity index (χ3n) is 3.75. The van der Waals surface area contributed by atoms with Crippen molar-refractivity contribution < 1.29 is 24.2 Å². The minimum absolute atomic E-state index is 0.0672. The molecule has 0 aliphatic heterocycles. The lowest BCUT2D eigenvalue weighted by Gasteiger charge is -2.06. The summed E-state index contributed by atoms with van der Waals surface area (Å²) >= 11 is 6.05. The van der Waals surface area contributed by atoms with Gasteiger partial charge >= 0.3 is 11.9 Å². The van der Waals surface area contributed by atoms with Gasteiger partial charge in [0.25, 0.3) is 0 Å². The van der Waals surface area contributed by atoms with Crippen LogP contribution in [0.25, 0.3) is 17.0 Å². The molecule has 1 heterocycles. The van der Waals surface area contributed by atoms with Crippen LogP contribution in [-0.2, 0) is 11.3 Å². The average Bonchev–Trinajstić information content (AvgIpc) is 2.92. The molecule has 0 spiro atoms. The molecule has 8 heteroatoms. The summed E-state index contributed by atoms with van der Waals surface area (Å²) in [4.78, 5) is 22.0. The van der Waals surface area contributed by atoms with Gasteiger partial charge in [-0.1, -0.05) is 17.7 Å². The maximum atomic E-state index is 13.2. The van der Waals surface area contributed by atoms with Crippen LogP contribution in [0.4, 0.5) is 4.39 Å². The van der Waals surface area contributed by atoms with E-state index in [2.05, 4.69) is 5.10 Å². The lowest BCUT2D eigenvalue weighted by molar-refractivity contribution is -0.131. The van der Waals surface area contributed by atoms with Crippen molar-refractivity contribution in [2.45, 2.75) is 6.54 Å². The van der Waals surface area contributed by atoms with Crippen LogP contribution in [0.3, 0.4) is 0 Å². The number of fused-ring (bicyclic) bond motifs is 1. The molecule has 3 aromatic rings. The Morgan fingerprint density at radius 1 is 1.19 bits per heavy atom. The summed E-state index contributed by atoms with van der Waals surface area (Å²) < 4.78 is 14.7. The number of hydrogen-bond acceptors (Lipinski definition) is 3. The van der Waals surface area contributed by atoms with E-state index in [0.717, 1.165) is 6.08 Å². The molecule has 2 N–H and O–H groups in total. The number of benzene rings is 2. The highest BCUT2D eigenvalue weighted by molar-refractivity contribution is 6.31. The minimum Gasteiger partial charge on any atom is -0.478 e. The highest BCUT2D eigenvalue weighted by atomic mass is 35.5. The molecule has 0 unspecified atom stereocenters. The topological polar surface area (TPSA) is 92.4 Å². The van der Waals surface area contributed by atoms with Crippen molar-refractivity contribution in [2.24, 2.45) is 0 Å². The first-order valence-corrected chi connectivity index (χ1v) is 7.82. The normalized spacial score (nSPS) is 11.3. The molecule has 6 nitrogen and oxygen atoms in total. The first-order chi connectivity index (χ1) is 12.3. The second kappa shape index (κ2) is 6.97. The lowest BCUT2D eigenvalue weighted by Crippen LogP contribution is -2.04. The van der Waals surface area contributed by atoms with Gasteiger partial charge in [0.2, 0.25) is 0 Å². The van der Waals surface area contributed by atoms with Crippen molar-refractivity contribution in [3.8, 4) is 0 Å².